The molecule has 0 atom stereocenters. The number of anilines is 1. The van der Waals surface area contributed by atoms with Crippen LogP contribution in [0.2, 0.25) is 0 Å². The SMILES string of the molecule is O=S(=O)(Nc1ccc(Oc2ccc(-n3cccc3)nn2)cc1)C1CC1. The first-order valence-corrected chi connectivity index (χ1v) is 9.41. The fraction of sp³-hybridized carbons (Fsp3) is 0.176. The van der Waals surface area contributed by atoms with Crippen molar-refractivity contribution in [1.82, 2.24) is 14.8 Å². The van der Waals surface area contributed by atoms with Gasteiger partial charge in [0, 0.05) is 24.1 Å². The van der Waals surface area contributed by atoms with Crippen molar-refractivity contribution in [2.75, 3.05) is 4.72 Å². The molecule has 0 bridgehead atoms. The first kappa shape index (κ1) is 15.6. The molecule has 1 aliphatic carbocycles. The molecule has 0 aliphatic heterocycles. The lowest BCUT2D eigenvalue weighted by atomic mass is 10.3. The summed E-state index contributed by atoms with van der Waals surface area (Å²) in [6.45, 7) is 0. The number of benzene rings is 1. The van der Waals surface area contributed by atoms with Crippen LogP contribution in [0.25, 0.3) is 5.82 Å². The number of nitrogens with zero attached hydrogens (tertiary/aromatic N) is 3. The third-order valence-electron chi connectivity index (χ3n) is 3.80. The number of nitrogens with one attached hydrogen (secondary N) is 1. The molecule has 0 spiro atoms. The maximum absolute atomic E-state index is 11.9. The summed E-state index contributed by atoms with van der Waals surface area (Å²) in [4.78, 5) is 0. The molecule has 1 aromatic carbocycles. The topological polar surface area (TPSA) is 86.1 Å². The van der Waals surface area contributed by atoms with Crippen LogP contribution in [0.5, 0.6) is 11.6 Å². The zero-order valence-corrected chi connectivity index (χ0v) is 14.1. The van der Waals surface area contributed by atoms with E-state index in [9.17, 15) is 8.42 Å². The molecule has 2 heterocycles. The number of hydrogen-bond acceptors (Lipinski definition) is 5. The Morgan fingerprint density at radius 3 is 2.32 bits per heavy atom. The zero-order valence-electron chi connectivity index (χ0n) is 13.2. The van der Waals surface area contributed by atoms with E-state index in [1.807, 2.05) is 29.1 Å². The Kier molecular flexibility index (Phi) is 3.89. The van der Waals surface area contributed by atoms with Crippen molar-refractivity contribution in [3.05, 3.63) is 60.9 Å². The summed E-state index contributed by atoms with van der Waals surface area (Å²) < 4.78 is 33.9. The summed E-state index contributed by atoms with van der Waals surface area (Å²) in [5.41, 5.74) is 0.522. The van der Waals surface area contributed by atoms with E-state index in [-0.39, 0.29) is 5.25 Å². The molecule has 1 fully saturated rings. The van der Waals surface area contributed by atoms with Gasteiger partial charge in [0.15, 0.2) is 5.82 Å². The molecule has 2 aromatic heterocycles. The van der Waals surface area contributed by atoms with E-state index in [2.05, 4.69) is 14.9 Å². The first-order valence-electron chi connectivity index (χ1n) is 7.87. The minimum atomic E-state index is -3.25. The smallest absolute Gasteiger partial charge is 0.238 e. The summed E-state index contributed by atoms with van der Waals surface area (Å²) >= 11 is 0. The molecule has 1 aliphatic rings. The lowest BCUT2D eigenvalue weighted by Gasteiger charge is -2.08. The predicted octanol–water partition coefficient (Wildman–Crippen LogP) is 2.96. The van der Waals surface area contributed by atoms with Crippen LogP contribution in [0.4, 0.5) is 5.69 Å². The van der Waals surface area contributed by atoms with Crippen molar-refractivity contribution >= 4 is 15.7 Å². The number of ether oxygens (including phenoxy) is 1. The highest BCUT2D eigenvalue weighted by Gasteiger charge is 2.35. The molecule has 7 nitrogen and oxygen atoms in total. The second kappa shape index (κ2) is 6.21. The average molecular weight is 356 g/mol. The highest BCUT2D eigenvalue weighted by atomic mass is 32.2. The largest absolute Gasteiger partial charge is 0.438 e. The number of hydrogen-bond donors (Lipinski definition) is 1. The fourth-order valence-corrected chi connectivity index (χ4v) is 3.72. The van der Waals surface area contributed by atoms with E-state index in [0.29, 0.717) is 23.1 Å². The normalized spacial score (nSPS) is 14.2. The number of aromatic nitrogens is 3. The molecule has 4 rings (SSSR count). The van der Waals surface area contributed by atoms with Gasteiger partial charge < -0.3 is 9.30 Å². The van der Waals surface area contributed by atoms with Gasteiger partial charge in [-0.05, 0) is 55.3 Å². The second-order valence-corrected chi connectivity index (χ2v) is 7.75. The molecular weight excluding hydrogens is 340 g/mol. The van der Waals surface area contributed by atoms with Gasteiger partial charge in [0.2, 0.25) is 15.9 Å². The monoisotopic (exact) mass is 356 g/mol. The third kappa shape index (κ3) is 3.63. The Hall–Kier alpha value is -2.87. The molecule has 3 aromatic rings. The van der Waals surface area contributed by atoms with E-state index >= 15 is 0 Å². The zero-order chi connectivity index (χ0) is 17.3. The molecule has 0 unspecified atom stereocenters. The van der Waals surface area contributed by atoms with Crippen molar-refractivity contribution < 1.29 is 13.2 Å². The van der Waals surface area contributed by atoms with Crippen LogP contribution >= 0.6 is 0 Å². The Bertz CT molecular complexity index is 948. The van der Waals surface area contributed by atoms with Gasteiger partial charge in [0.25, 0.3) is 0 Å². The van der Waals surface area contributed by atoms with Gasteiger partial charge in [-0.1, -0.05) is 0 Å². The second-order valence-electron chi connectivity index (χ2n) is 5.79. The quantitative estimate of drug-likeness (QED) is 0.734. The van der Waals surface area contributed by atoms with E-state index in [0.717, 1.165) is 12.8 Å². The van der Waals surface area contributed by atoms with Crippen LogP contribution in [0.3, 0.4) is 0 Å². The van der Waals surface area contributed by atoms with Gasteiger partial charge >= 0.3 is 0 Å². The Morgan fingerprint density at radius 2 is 1.72 bits per heavy atom. The molecule has 128 valence electrons. The van der Waals surface area contributed by atoms with Crippen molar-refractivity contribution in [3.8, 4) is 17.4 Å². The van der Waals surface area contributed by atoms with E-state index < -0.39 is 10.0 Å². The standard InChI is InChI=1S/C17H16N4O3S/c22-25(23,15-7-8-15)20-13-3-5-14(6-4-13)24-17-10-9-16(18-19-17)21-11-1-2-12-21/h1-6,9-12,15,20H,7-8H2. The summed E-state index contributed by atoms with van der Waals surface area (Å²) in [7, 11) is -3.25. The molecular formula is C17H16N4O3S. The summed E-state index contributed by atoms with van der Waals surface area (Å²) in [5.74, 6) is 1.61. The predicted molar refractivity (Wildman–Crippen MR) is 93.4 cm³/mol. The van der Waals surface area contributed by atoms with Gasteiger partial charge in [0.1, 0.15) is 5.75 Å². The van der Waals surface area contributed by atoms with Crippen LogP contribution in [-0.2, 0) is 10.0 Å². The van der Waals surface area contributed by atoms with E-state index in [1.54, 1.807) is 36.4 Å². The molecule has 0 saturated heterocycles. The van der Waals surface area contributed by atoms with Gasteiger partial charge in [-0.3, -0.25) is 4.72 Å². The van der Waals surface area contributed by atoms with Crippen molar-refractivity contribution in [1.29, 1.82) is 0 Å². The molecule has 0 radical (unpaired) electrons. The summed E-state index contributed by atoms with van der Waals surface area (Å²) in [6.07, 6.45) is 5.22. The van der Waals surface area contributed by atoms with Crippen LogP contribution in [0.1, 0.15) is 12.8 Å². The highest BCUT2D eigenvalue weighted by Crippen LogP contribution is 2.30. The minimum absolute atomic E-state index is 0.252. The van der Waals surface area contributed by atoms with Gasteiger partial charge in [-0.25, -0.2) is 8.42 Å². The van der Waals surface area contributed by atoms with Crippen LogP contribution < -0.4 is 9.46 Å². The van der Waals surface area contributed by atoms with Gasteiger partial charge in [0.05, 0.1) is 5.25 Å². The minimum Gasteiger partial charge on any atom is -0.438 e. The van der Waals surface area contributed by atoms with Crippen molar-refractivity contribution in [3.63, 3.8) is 0 Å². The molecule has 0 amide bonds. The summed E-state index contributed by atoms with van der Waals surface area (Å²) in [5, 5.41) is 7.89. The van der Waals surface area contributed by atoms with Gasteiger partial charge in [-0.15, -0.1) is 10.2 Å². The Labute approximate surface area is 145 Å². The van der Waals surface area contributed by atoms with Crippen molar-refractivity contribution in [2.24, 2.45) is 0 Å². The third-order valence-corrected chi connectivity index (χ3v) is 5.66. The Balaban J connectivity index is 1.42. The van der Waals surface area contributed by atoms with Gasteiger partial charge in [-0.2, -0.15) is 0 Å². The number of sulfonamides is 1. The highest BCUT2D eigenvalue weighted by molar-refractivity contribution is 7.93. The van der Waals surface area contributed by atoms with Crippen LogP contribution in [-0.4, -0.2) is 28.4 Å². The first-order chi connectivity index (χ1) is 12.1. The Morgan fingerprint density at radius 1 is 1.00 bits per heavy atom. The lowest BCUT2D eigenvalue weighted by molar-refractivity contribution is 0.454. The summed E-state index contributed by atoms with van der Waals surface area (Å²) in [6, 6.07) is 14.1. The molecule has 1 saturated carbocycles. The number of rotatable bonds is 6. The molecule has 8 heteroatoms. The molecule has 1 N–H and O–H groups in total. The maximum Gasteiger partial charge on any atom is 0.238 e. The van der Waals surface area contributed by atoms with Crippen LogP contribution in [0.15, 0.2) is 60.9 Å². The average Bonchev–Trinajstić information content (AvgIpc) is 3.34. The van der Waals surface area contributed by atoms with Crippen LogP contribution in [0, 0.1) is 0 Å². The van der Waals surface area contributed by atoms with E-state index in [4.69, 9.17) is 4.74 Å². The maximum atomic E-state index is 11.9. The molecule has 25 heavy (non-hydrogen) atoms. The lowest BCUT2D eigenvalue weighted by Crippen LogP contribution is -2.17. The fourth-order valence-electron chi connectivity index (χ4n) is 2.33. The van der Waals surface area contributed by atoms with Crippen molar-refractivity contribution in [2.45, 2.75) is 18.1 Å². The van der Waals surface area contributed by atoms with E-state index in [1.165, 1.54) is 0 Å².